The Hall–Kier alpha value is -10.6. The van der Waals surface area contributed by atoms with Crippen molar-refractivity contribution in [1.82, 2.24) is 24.7 Å². The largest absolute Gasteiger partial charge is 0.478 e. The molecule has 3 atom stereocenters. The molecule has 3 aliphatic carbocycles. The summed E-state index contributed by atoms with van der Waals surface area (Å²) >= 11 is 0. The molecule has 0 saturated heterocycles. The number of carbonyl (C=O) groups excluding carboxylic acids is 4. The number of aromatic nitrogens is 3. The Morgan fingerprint density at radius 1 is 0.549 bits per heavy atom. The number of halogens is 3. The summed E-state index contributed by atoms with van der Waals surface area (Å²) in [6.45, 7) is -24.6. The second-order valence-corrected chi connectivity index (χ2v) is 24.9. The number of hydrogen-bond acceptors (Lipinski definition) is 12. The van der Waals surface area contributed by atoms with Crippen LogP contribution in [0.2, 0.25) is 0 Å². The number of nitrogens with zero attached hydrogens (tertiary/aromatic N) is 5. The molecule has 3 saturated carbocycles. The summed E-state index contributed by atoms with van der Waals surface area (Å²) in [5.41, 5.74) is -7.31. The average molecular weight is 1440 g/mol. The summed E-state index contributed by atoms with van der Waals surface area (Å²) < 4.78 is 365. The Balaban J connectivity index is 0.000000221. The van der Waals surface area contributed by atoms with Gasteiger partial charge in [0.25, 0.3) is 28.5 Å². The lowest BCUT2D eigenvalue weighted by atomic mass is 9.99. The number of carboxylic acid groups (broad SMARTS) is 1. The highest BCUT2D eigenvalue weighted by molar-refractivity contribution is 6.09. The third kappa shape index (κ3) is 17.2. The fourth-order valence-corrected chi connectivity index (χ4v) is 10.5. The predicted molar refractivity (Wildman–Crippen MR) is 390 cm³/mol. The highest BCUT2D eigenvalue weighted by atomic mass is 19.1. The molecule has 3 aliphatic rings. The summed E-state index contributed by atoms with van der Waals surface area (Å²) in [7, 11) is 0. The van der Waals surface area contributed by atoms with Crippen LogP contribution in [-0.4, -0.2) is 79.8 Å². The summed E-state index contributed by atoms with van der Waals surface area (Å²) in [5.74, 6) is -9.08. The summed E-state index contributed by atoms with van der Waals surface area (Å²) in [6, 6.07) is -2.29. The quantitative estimate of drug-likeness (QED) is 0.0569. The first-order valence-corrected chi connectivity index (χ1v) is 30.8. The summed E-state index contributed by atoms with van der Waals surface area (Å²) in [5, 5.41) is 9.33. The van der Waals surface area contributed by atoms with Gasteiger partial charge in [-0.3, -0.25) is 24.0 Å². The molecule has 6 aromatic carbocycles. The van der Waals surface area contributed by atoms with Crippen LogP contribution in [0.5, 0.6) is 0 Å². The van der Waals surface area contributed by atoms with E-state index in [1.165, 1.54) is 41.5 Å². The zero-order chi connectivity index (χ0) is 108. The highest BCUT2D eigenvalue weighted by Crippen LogP contribution is 2.43. The monoisotopic (exact) mass is 1440 g/mol. The molecule has 12 rings (SSSR count). The van der Waals surface area contributed by atoms with Crippen LogP contribution in [0.4, 0.5) is 22.8 Å². The summed E-state index contributed by atoms with van der Waals surface area (Å²) in [4.78, 5) is 108. The first-order valence-electron chi connectivity index (χ1n) is 50.3. The molecule has 538 valence electrons. The van der Waals surface area contributed by atoms with Crippen molar-refractivity contribution in [3.05, 3.63) is 244 Å². The van der Waals surface area contributed by atoms with E-state index in [0.717, 1.165) is 67.4 Å². The van der Waals surface area contributed by atoms with Gasteiger partial charge < -0.3 is 36.4 Å². The van der Waals surface area contributed by atoms with Gasteiger partial charge in [-0.2, -0.15) is 0 Å². The number of fused-ring (bicyclic) bond motifs is 3. The highest BCUT2D eigenvalue weighted by Gasteiger charge is 2.38. The lowest BCUT2D eigenvalue weighted by Crippen LogP contribution is -2.50. The maximum Gasteiger partial charge on any atom is 0.429 e. The Labute approximate surface area is 644 Å². The molecular formula is C79H90F3N9O11. The summed E-state index contributed by atoms with van der Waals surface area (Å²) in [6.07, 6.45) is 0.0559. The third-order valence-corrected chi connectivity index (χ3v) is 15.4. The van der Waals surface area contributed by atoms with E-state index in [1.54, 1.807) is 5.43 Å². The van der Waals surface area contributed by atoms with E-state index < -0.39 is 302 Å². The SMILES string of the molecule is [2H]C([2H])([2H])c1c(C(=O)O)c2cccc(F)c2c(=O)n1N(C(=O)OC(C)(C)C)C([2H])([2H])C([2H])([2H])[2H].[2H]c1c([2H])c([2H])c([C@@H](N)C2CC2)c([2H])c1[2H].[2H]c1c([2H])c([2H])c([C@@H](NC(=O)c2c(C([2H])([2H])[2H])n(N(C(=O)OC(C)(C)C)C([2H])([2H])C([2H])([2H])[2H])c(=O)c3c(F)cccc23)C2CC2)c([2H])c1[2H].[2H]c1c([2H])c([2H])c([C@@H](NC(=O)c2c(C([2H])([2H])[2H])n(NC([2H])([2H])C([2H])([2H])[2H])c(=O)c3c(F)cccc23)C2CC2)c([2H])c1[2H]. The maximum absolute atomic E-state index is 15.5. The molecule has 23 heteroatoms. The molecule has 0 aliphatic heterocycles. The van der Waals surface area contributed by atoms with Crippen molar-refractivity contribution in [1.29, 1.82) is 0 Å². The van der Waals surface area contributed by atoms with E-state index in [-0.39, 0.29) is 66.8 Å². The molecule has 0 bridgehead atoms. The standard InChI is InChI=1S/C28H32FN3O4.C23H24FN3O2.C18H21FN2O5.C10H13N/c1-6-31(27(35)36-28(3,4)5)32-17(2)22(20-13-10-14-21(29)23(20)26(32)34)25(33)30-24(19-15-16-19)18-11-8-7-9-12-18;1-3-25-27-14(2)19(17-10-7-11-18(24)20(17)23(27)29)22(28)26-21(16-12-13-16)15-8-5-4-6-9-15;1-6-20(17(25)26-18(3,4)5)21-10(2)13(16(23)24)11-8-7-9-12(19)14(11)15(21)22;11-10(9-6-7-9)8-4-2-1-3-5-8/h7-14,19,24H,6,15-16H2,1-5H3,(H,30,33);4-11,16,21,25H,3,12-13H2,1-2H3,(H,26,28);7-9H,6H2,1-5H3,(H,23,24);1-5,9-10H,6-7,11H2/t24-;21-;;10-/m11.1/s1/i1D3,2D3,6D2,7D,8D,9D,11D,12D;1D3,2D3,3D2,4D,5D,6D,8D,9D;1D3,2D3,6D2;1D,2D,3D,4D,5D. The second kappa shape index (κ2) is 32.0. The van der Waals surface area contributed by atoms with Crippen LogP contribution in [0.3, 0.4) is 0 Å². The molecule has 0 radical (unpaired) electrons. The van der Waals surface area contributed by atoms with Gasteiger partial charge in [0, 0.05) is 66.4 Å². The molecule has 20 nitrogen and oxygen atoms in total. The fraction of sp³-hybridized carbons (Fsp3) is 0.367. The van der Waals surface area contributed by atoms with Gasteiger partial charge in [-0.15, -0.1) is 0 Å². The number of rotatable bonds is 17. The number of carboxylic acids is 1. The Morgan fingerprint density at radius 2 is 0.912 bits per heavy atom. The number of hydrogen-bond donors (Lipinski definition) is 5. The molecule has 3 heterocycles. The van der Waals surface area contributed by atoms with E-state index in [2.05, 4.69) is 10.6 Å². The van der Waals surface area contributed by atoms with Gasteiger partial charge in [-0.05, 0) is 174 Å². The number of pyridine rings is 3. The predicted octanol–water partition coefficient (Wildman–Crippen LogP) is 14.3. The number of carbonyl (C=O) groups is 5. The van der Waals surface area contributed by atoms with Gasteiger partial charge in [0.2, 0.25) is 0 Å². The van der Waals surface area contributed by atoms with Crippen LogP contribution < -0.4 is 48.5 Å². The smallest absolute Gasteiger partial charge is 0.429 e. The lowest BCUT2D eigenvalue weighted by Gasteiger charge is -2.30. The number of amides is 4. The fourth-order valence-electron chi connectivity index (χ4n) is 10.5. The van der Waals surface area contributed by atoms with Gasteiger partial charge in [0.05, 0.1) is 90.8 Å². The van der Waals surface area contributed by atoms with Crippen molar-refractivity contribution < 1.29 is 105 Å². The maximum atomic E-state index is 15.5. The number of ether oxygens (including phenoxy) is 2. The van der Waals surface area contributed by atoms with Crippen molar-refractivity contribution >= 4 is 62.3 Å². The molecule has 6 N–H and O–H groups in total. The Bertz CT molecular complexity index is 6650. The Morgan fingerprint density at radius 3 is 1.26 bits per heavy atom. The first kappa shape index (κ1) is 39.0. The van der Waals surface area contributed by atoms with Gasteiger partial charge >= 0.3 is 18.2 Å². The van der Waals surface area contributed by atoms with Crippen molar-refractivity contribution in [2.24, 2.45) is 23.5 Å². The molecule has 3 fully saturated rings. The Kier molecular flexibility index (Phi) is 12.2. The number of nitrogens with one attached hydrogen (secondary N) is 3. The van der Waals surface area contributed by atoms with Crippen molar-refractivity contribution in [3.63, 3.8) is 0 Å². The van der Waals surface area contributed by atoms with Gasteiger partial charge in [-0.1, -0.05) is 127 Å². The average Bonchev–Trinajstić information content (AvgIpc) is 1.65. The molecule has 9 aromatic rings. The molecule has 3 aromatic heterocycles. The van der Waals surface area contributed by atoms with Crippen LogP contribution in [0, 0.1) is 55.8 Å². The van der Waals surface area contributed by atoms with Crippen LogP contribution >= 0.6 is 0 Å². The van der Waals surface area contributed by atoms with Crippen LogP contribution in [0.1, 0.15) is 237 Å². The van der Waals surface area contributed by atoms with Crippen LogP contribution in [0.15, 0.2) is 160 Å². The number of nitrogens with two attached hydrogens (primary N) is 1. The molecule has 0 unspecified atom stereocenters. The van der Waals surface area contributed by atoms with Gasteiger partial charge in [-0.25, -0.2) is 51.6 Å². The normalized spacial score (nSPS) is 21.0. The molecule has 0 spiro atoms. The minimum absolute atomic E-state index is 0.00361. The molecule has 102 heavy (non-hydrogen) atoms. The zero-order valence-electron chi connectivity index (χ0n) is 93.9. The topological polar surface area (TPSA) is 259 Å². The molecule has 4 amide bonds. The minimum Gasteiger partial charge on any atom is -0.478 e. The van der Waals surface area contributed by atoms with Crippen molar-refractivity contribution in [3.8, 4) is 0 Å². The zero-order valence-corrected chi connectivity index (χ0v) is 54.9. The lowest BCUT2D eigenvalue weighted by molar-refractivity contribution is 0.0527. The van der Waals surface area contributed by atoms with Crippen molar-refractivity contribution in [2.45, 2.75) is 151 Å². The van der Waals surface area contributed by atoms with Gasteiger partial charge in [0.1, 0.15) is 28.7 Å². The van der Waals surface area contributed by atoms with E-state index in [1.807, 2.05) is 0 Å². The van der Waals surface area contributed by atoms with Gasteiger partial charge in [0.15, 0.2) is 0 Å². The number of benzene rings is 6. The first-order chi connectivity index (χ1) is 64.0. The number of aromatic carboxylic acids is 1. The van der Waals surface area contributed by atoms with Crippen LogP contribution in [-0.2, 0) is 9.47 Å². The van der Waals surface area contributed by atoms with E-state index in [9.17, 15) is 47.9 Å². The minimum atomic E-state index is -3.91. The van der Waals surface area contributed by atoms with Crippen LogP contribution in [0.25, 0.3) is 32.3 Å². The third-order valence-electron chi connectivity index (χ3n) is 15.4. The van der Waals surface area contributed by atoms with E-state index >= 15 is 8.78 Å². The second-order valence-electron chi connectivity index (χ2n) is 24.9. The molecular weight excluding hydrogens is 1310 g/mol. The van der Waals surface area contributed by atoms with Crippen molar-refractivity contribution in [2.75, 3.05) is 34.9 Å². The van der Waals surface area contributed by atoms with E-state index in [4.69, 9.17) is 68.7 Å². The van der Waals surface area contributed by atoms with E-state index in [0.29, 0.717) is 25.7 Å².